The van der Waals surface area contributed by atoms with Crippen molar-refractivity contribution in [3.8, 4) is 22.9 Å². The molecule has 8 nitrogen and oxygen atoms in total. The van der Waals surface area contributed by atoms with Crippen molar-refractivity contribution in [1.29, 1.82) is 0 Å². The maximum atomic E-state index is 12.9. The number of aromatic nitrogens is 3. The minimum atomic E-state index is -0.0211. The largest absolute Gasteiger partial charge is 0.493 e. The summed E-state index contributed by atoms with van der Waals surface area (Å²) in [6.45, 7) is 2.60. The molecule has 0 radical (unpaired) electrons. The van der Waals surface area contributed by atoms with Gasteiger partial charge in [0, 0.05) is 37.9 Å². The Kier molecular flexibility index (Phi) is 5.74. The molecule has 3 aromatic rings. The van der Waals surface area contributed by atoms with Gasteiger partial charge >= 0.3 is 0 Å². The van der Waals surface area contributed by atoms with Crippen molar-refractivity contribution < 1.29 is 14.3 Å². The number of nitrogens with zero attached hydrogens (tertiary/aromatic N) is 5. The number of ether oxygens (including phenoxy) is 2. The average Bonchev–Trinajstić information content (AvgIpc) is 2.84. The van der Waals surface area contributed by atoms with Crippen LogP contribution in [0.5, 0.6) is 11.5 Å². The predicted octanol–water partition coefficient (Wildman–Crippen LogP) is 2.52. The summed E-state index contributed by atoms with van der Waals surface area (Å²) in [7, 11) is 3.13. The summed E-state index contributed by atoms with van der Waals surface area (Å²) in [6.07, 6.45) is 1.74. The van der Waals surface area contributed by atoms with E-state index in [4.69, 9.17) is 9.47 Å². The fourth-order valence-corrected chi connectivity index (χ4v) is 3.44. The third-order valence-corrected chi connectivity index (χ3v) is 5.10. The van der Waals surface area contributed by atoms with Gasteiger partial charge in [0.2, 0.25) is 0 Å². The third kappa shape index (κ3) is 4.03. The first kappa shape index (κ1) is 19.6. The Hall–Kier alpha value is -3.68. The highest BCUT2D eigenvalue weighted by Gasteiger charge is 2.24. The molecule has 8 heteroatoms. The molecule has 0 saturated carbocycles. The Morgan fingerprint density at radius 1 is 0.867 bits per heavy atom. The van der Waals surface area contributed by atoms with Crippen LogP contribution in [0.3, 0.4) is 0 Å². The molecule has 0 aliphatic carbocycles. The second kappa shape index (κ2) is 8.77. The van der Waals surface area contributed by atoms with E-state index in [-0.39, 0.29) is 5.91 Å². The van der Waals surface area contributed by atoms with Crippen molar-refractivity contribution in [2.75, 3.05) is 45.3 Å². The first-order valence-corrected chi connectivity index (χ1v) is 9.71. The number of carbonyl (C=O) groups is 1. The Morgan fingerprint density at radius 2 is 1.67 bits per heavy atom. The number of anilines is 1. The number of amides is 1. The summed E-state index contributed by atoms with van der Waals surface area (Å²) >= 11 is 0. The molecule has 1 amide bonds. The minimum Gasteiger partial charge on any atom is -0.493 e. The Bertz CT molecular complexity index is 1000. The highest BCUT2D eigenvalue weighted by Crippen LogP contribution is 2.28. The van der Waals surface area contributed by atoms with Crippen LogP contribution in [0.2, 0.25) is 0 Å². The van der Waals surface area contributed by atoms with E-state index >= 15 is 0 Å². The van der Waals surface area contributed by atoms with Crippen molar-refractivity contribution in [3.05, 3.63) is 60.3 Å². The number of methoxy groups -OCH3 is 2. The zero-order chi connectivity index (χ0) is 20.9. The fourth-order valence-electron chi connectivity index (χ4n) is 3.44. The normalized spacial score (nSPS) is 13.8. The van der Waals surface area contributed by atoms with E-state index in [1.807, 2.05) is 35.2 Å². The van der Waals surface area contributed by atoms with E-state index in [1.54, 1.807) is 38.6 Å². The van der Waals surface area contributed by atoms with Gasteiger partial charge in [-0.25, -0.2) is 0 Å². The monoisotopic (exact) mass is 405 g/mol. The molecule has 1 aromatic carbocycles. The van der Waals surface area contributed by atoms with Gasteiger partial charge in [-0.1, -0.05) is 6.07 Å². The van der Waals surface area contributed by atoms with Gasteiger partial charge in [-0.15, -0.1) is 10.2 Å². The Balaban J connectivity index is 1.39. The predicted molar refractivity (Wildman–Crippen MR) is 113 cm³/mol. The molecular weight excluding hydrogens is 382 g/mol. The second-order valence-corrected chi connectivity index (χ2v) is 6.84. The van der Waals surface area contributed by atoms with Crippen LogP contribution in [-0.2, 0) is 0 Å². The van der Waals surface area contributed by atoms with Crippen molar-refractivity contribution in [3.63, 3.8) is 0 Å². The first-order valence-electron chi connectivity index (χ1n) is 9.71. The van der Waals surface area contributed by atoms with Gasteiger partial charge in [0.25, 0.3) is 5.91 Å². The third-order valence-electron chi connectivity index (χ3n) is 5.10. The molecule has 0 unspecified atom stereocenters. The molecule has 2 aromatic heterocycles. The number of benzene rings is 1. The maximum absolute atomic E-state index is 12.9. The summed E-state index contributed by atoms with van der Waals surface area (Å²) in [5.74, 6) is 1.93. The lowest BCUT2D eigenvalue weighted by molar-refractivity contribution is 0.0746. The summed E-state index contributed by atoms with van der Waals surface area (Å²) in [5, 5.41) is 8.65. The van der Waals surface area contributed by atoms with Crippen LogP contribution in [0.15, 0.2) is 54.7 Å². The first-order chi connectivity index (χ1) is 14.7. The molecule has 3 heterocycles. The standard InChI is InChI=1S/C22H23N5O3/c1-29-19-8-6-16(15-20(19)30-2)22(28)27-13-11-26(12-14-27)21-9-7-18(24-25-21)17-5-3-4-10-23-17/h3-10,15H,11-14H2,1-2H3. The van der Waals surface area contributed by atoms with Gasteiger partial charge in [0.1, 0.15) is 5.69 Å². The molecular formula is C22H23N5O3. The smallest absolute Gasteiger partial charge is 0.254 e. The van der Waals surface area contributed by atoms with Crippen LogP contribution in [0, 0.1) is 0 Å². The molecule has 154 valence electrons. The van der Waals surface area contributed by atoms with Crippen molar-refractivity contribution in [2.24, 2.45) is 0 Å². The quantitative estimate of drug-likeness (QED) is 0.645. The van der Waals surface area contributed by atoms with E-state index in [0.717, 1.165) is 17.2 Å². The maximum Gasteiger partial charge on any atom is 0.254 e. The molecule has 0 atom stereocenters. The topological polar surface area (TPSA) is 80.7 Å². The minimum absolute atomic E-state index is 0.0211. The summed E-state index contributed by atoms with van der Waals surface area (Å²) in [4.78, 5) is 21.2. The molecule has 4 rings (SSSR count). The van der Waals surface area contributed by atoms with Crippen LogP contribution in [0.4, 0.5) is 5.82 Å². The van der Waals surface area contributed by atoms with Crippen LogP contribution in [0.1, 0.15) is 10.4 Å². The van der Waals surface area contributed by atoms with Gasteiger partial charge in [0.15, 0.2) is 17.3 Å². The van der Waals surface area contributed by atoms with Crippen LogP contribution < -0.4 is 14.4 Å². The summed E-state index contributed by atoms with van der Waals surface area (Å²) < 4.78 is 10.5. The van der Waals surface area contributed by atoms with E-state index in [9.17, 15) is 4.79 Å². The van der Waals surface area contributed by atoms with Gasteiger partial charge in [0.05, 0.1) is 19.9 Å². The van der Waals surface area contributed by atoms with Crippen LogP contribution >= 0.6 is 0 Å². The van der Waals surface area contributed by atoms with Crippen LogP contribution in [-0.4, -0.2) is 66.4 Å². The Labute approximate surface area is 175 Å². The molecule has 1 aliphatic heterocycles. The summed E-state index contributed by atoms with van der Waals surface area (Å²) in [5.41, 5.74) is 2.11. The lowest BCUT2D eigenvalue weighted by atomic mass is 10.1. The second-order valence-electron chi connectivity index (χ2n) is 6.84. The number of hydrogen-bond donors (Lipinski definition) is 0. The number of hydrogen-bond acceptors (Lipinski definition) is 7. The number of rotatable bonds is 5. The lowest BCUT2D eigenvalue weighted by Crippen LogP contribution is -2.49. The number of piperazine rings is 1. The number of pyridine rings is 1. The number of carbonyl (C=O) groups excluding carboxylic acids is 1. The Morgan fingerprint density at radius 3 is 2.30 bits per heavy atom. The molecule has 30 heavy (non-hydrogen) atoms. The SMILES string of the molecule is COc1ccc(C(=O)N2CCN(c3ccc(-c4ccccn4)nn3)CC2)cc1OC. The van der Waals surface area contributed by atoms with E-state index in [1.165, 1.54) is 0 Å². The summed E-state index contributed by atoms with van der Waals surface area (Å²) in [6, 6.07) is 14.8. The molecule has 1 saturated heterocycles. The molecule has 0 spiro atoms. The van der Waals surface area contributed by atoms with Crippen molar-refractivity contribution in [2.45, 2.75) is 0 Å². The van der Waals surface area contributed by atoms with E-state index in [2.05, 4.69) is 20.1 Å². The molecule has 1 fully saturated rings. The highest BCUT2D eigenvalue weighted by atomic mass is 16.5. The lowest BCUT2D eigenvalue weighted by Gasteiger charge is -2.35. The average molecular weight is 405 g/mol. The van der Waals surface area contributed by atoms with Crippen molar-refractivity contribution >= 4 is 11.7 Å². The van der Waals surface area contributed by atoms with Crippen molar-refractivity contribution in [1.82, 2.24) is 20.1 Å². The molecule has 1 aliphatic rings. The van der Waals surface area contributed by atoms with E-state index in [0.29, 0.717) is 43.2 Å². The van der Waals surface area contributed by atoms with Crippen LogP contribution in [0.25, 0.3) is 11.4 Å². The zero-order valence-electron chi connectivity index (χ0n) is 17.0. The highest BCUT2D eigenvalue weighted by molar-refractivity contribution is 5.95. The fraction of sp³-hybridized carbons (Fsp3) is 0.273. The molecule has 0 N–H and O–H groups in total. The van der Waals surface area contributed by atoms with Gasteiger partial charge in [-0.2, -0.15) is 0 Å². The molecule has 0 bridgehead atoms. The van der Waals surface area contributed by atoms with Gasteiger partial charge in [-0.05, 0) is 42.5 Å². The zero-order valence-corrected chi connectivity index (χ0v) is 17.0. The van der Waals surface area contributed by atoms with Gasteiger partial charge in [-0.3, -0.25) is 9.78 Å². The van der Waals surface area contributed by atoms with E-state index < -0.39 is 0 Å². The van der Waals surface area contributed by atoms with Gasteiger partial charge < -0.3 is 19.3 Å².